The average molecular weight is 435 g/mol. The maximum Gasteiger partial charge on any atom is 0.410 e. The van der Waals surface area contributed by atoms with E-state index in [9.17, 15) is 14.7 Å². The van der Waals surface area contributed by atoms with Crippen molar-refractivity contribution in [3.8, 4) is 11.5 Å². The summed E-state index contributed by atoms with van der Waals surface area (Å²) in [5.74, 6) is 1.26. The molecule has 0 spiro atoms. The van der Waals surface area contributed by atoms with Crippen LogP contribution >= 0.6 is 0 Å². The van der Waals surface area contributed by atoms with E-state index >= 15 is 0 Å². The Labute approximate surface area is 186 Å². The molecular weight excluding hydrogens is 396 g/mol. The summed E-state index contributed by atoms with van der Waals surface area (Å²) in [6.07, 6.45) is 2.66. The summed E-state index contributed by atoms with van der Waals surface area (Å²) in [5, 5.41) is 12.6. The number of hydrogen-bond donors (Lipinski definition) is 2. The highest BCUT2D eigenvalue weighted by molar-refractivity contribution is 5.79. The van der Waals surface area contributed by atoms with E-state index < -0.39 is 0 Å². The third-order valence-corrected chi connectivity index (χ3v) is 5.57. The summed E-state index contributed by atoms with van der Waals surface area (Å²) in [6.45, 7) is 9.97. The van der Waals surface area contributed by atoms with Crippen LogP contribution in [-0.4, -0.2) is 48.3 Å². The van der Waals surface area contributed by atoms with Crippen LogP contribution in [0.3, 0.4) is 0 Å². The number of amides is 2. The van der Waals surface area contributed by atoms with Crippen molar-refractivity contribution in [3.05, 3.63) is 23.8 Å². The molecule has 0 aliphatic carbocycles. The summed E-state index contributed by atoms with van der Waals surface area (Å²) >= 11 is 0. The van der Waals surface area contributed by atoms with Crippen molar-refractivity contribution >= 4 is 12.0 Å². The highest BCUT2D eigenvalue weighted by Crippen LogP contribution is 2.26. The number of carbonyl (C=O) groups excluding carboxylic acids is 2. The van der Waals surface area contributed by atoms with E-state index in [2.05, 4.69) is 33.0 Å². The van der Waals surface area contributed by atoms with Gasteiger partial charge in [-0.3, -0.25) is 4.79 Å². The Bertz CT molecular complexity index is 717. The molecule has 31 heavy (non-hydrogen) atoms. The molecule has 2 rings (SSSR count). The van der Waals surface area contributed by atoms with Crippen LogP contribution in [0.5, 0.6) is 11.5 Å². The van der Waals surface area contributed by atoms with Crippen LogP contribution in [-0.2, 0) is 16.1 Å². The SMILES string of the molecule is COc1cc(CNC(=O)C2CCN(C(=O)OC(CC(C)C)CC(C)C)CC2)ccc1O. The van der Waals surface area contributed by atoms with Crippen molar-refractivity contribution in [3.63, 3.8) is 0 Å². The summed E-state index contributed by atoms with van der Waals surface area (Å²) in [5.41, 5.74) is 0.852. The van der Waals surface area contributed by atoms with Gasteiger partial charge in [0.25, 0.3) is 0 Å². The number of nitrogens with zero attached hydrogens (tertiary/aromatic N) is 1. The lowest BCUT2D eigenvalue weighted by atomic mass is 9.96. The van der Waals surface area contributed by atoms with Crippen molar-refractivity contribution in [2.75, 3.05) is 20.2 Å². The maximum absolute atomic E-state index is 12.6. The number of phenolic OH excluding ortho intramolecular Hbond substituents is 1. The molecule has 7 heteroatoms. The normalized spacial score (nSPS) is 14.9. The molecule has 1 heterocycles. The number of hydrogen-bond acceptors (Lipinski definition) is 5. The van der Waals surface area contributed by atoms with Gasteiger partial charge in [0, 0.05) is 25.6 Å². The monoisotopic (exact) mass is 434 g/mol. The number of ether oxygens (including phenoxy) is 2. The highest BCUT2D eigenvalue weighted by Gasteiger charge is 2.29. The van der Waals surface area contributed by atoms with Crippen molar-refractivity contribution < 1.29 is 24.2 Å². The van der Waals surface area contributed by atoms with E-state index in [1.807, 2.05) is 0 Å². The number of carbonyl (C=O) groups is 2. The molecule has 1 saturated heterocycles. The number of methoxy groups -OCH3 is 1. The molecule has 0 aromatic heterocycles. The molecule has 2 N–H and O–H groups in total. The zero-order valence-electron chi connectivity index (χ0n) is 19.5. The van der Waals surface area contributed by atoms with Crippen LogP contribution in [0.1, 0.15) is 58.9 Å². The van der Waals surface area contributed by atoms with Crippen LogP contribution in [0, 0.1) is 17.8 Å². The number of benzene rings is 1. The lowest BCUT2D eigenvalue weighted by Gasteiger charge is -2.32. The first-order chi connectivity index (χ1) is 14.7. The van der Waals surface area contributed by atoms with Gasteiger partial charge in [-0.1, -0.05) is 33.8 Å². The first kappa shape index (κ1) is 24.8. The van der Waals surface area contributed by atoms with Crippen LogP contribution < -0.4 is 10.1 Å². The third-order valence-electron chi connectivity index (χ3n) is 5.57. The molecule has 1 aromatic carbocycles. The summed E-state index contributed by atoms with van der Waals surface area (Å²) in [6, 6.07) is 5.01. The van der Waals surface area contributed by atoms with Crippen LogP contribution in [0.2, 0.25) is 0 Å². The van der Waals surface area contributed by atoms with E-state index in [1.165, 1.54) is 7.11 Å². The van der Waals surface area contributed by atoms with Gasteiger partial charge >= 0.3 is 6.09 Å². The van der Waals surface area contributed by atoms with E-state index in [4.69, 9.17) is 9.47 Å². The summed E-state index contributed by atoms with van der Waals surface area (Å²) in [4.78, 5) is 26.9. The minimum Gasteiger partial charge on any atom is -0.504 e. The molecule has 1 fully saturated rings. The molecule has 1 aliphatic heterocycles. The standard InChI is InChI=1S/C24H38N2O5/c1-16(2)12-20(13-17(3)4)31-24(29)26-10-8-19(9-11-26)23(28)25-15-18-6-7-21(27)22(14-18)30-5/h6-7,14,16-17,19-20,27H,8-13,15H2,1-5H3,(H,25,28). The molecule has 0 saturated carbocycles. The Balaban J connectivity index is 1.80. The fraction of sp³-hybridized carbons (Fsp3) is 0.667. The predicted molar refractivity (Wildman–Crippen MR) is 120 cm³/mol. The Kier molecular flexibility index (Phi) is 9.46. The molecule has 1 aromatic rings. The molecule has 7 nitrogen and oxygen atoms in total. The van der Waals surface area contributed by atoms with Gasteiger partial charge in [-0.2, -0.15) is 0 Å². The third kappa shape index (κ3) is 7.96. The lowest BCUT2D eigenvalue weighted by Crippen LogP contribution is -2.44. The first-order valence-corrected chi connectivity index (χ1v) is 11.3. The van der Waals surface area contributed by atoms with Crippen molar-refractivity contribution in [1.82, 2.24) is 10.2 Å². The summed E-state index contributed by atoms with van der Waals surface area (Å²) < 4.78 is 10.9. The Hall–Kier alpha value is -2.44. The number of piperidine rings is 1. The quantitative estimate of drug-likeness (QED) is 0.604. The number of aromatic hydroxyl groups is 1. The van der Waals surface area contributed by atoms with Gasteiger partial charge in [-0.05, 0) is 55.2 Å². The maximum atomic E-state index is 12.6. The number of phenols is 1. The average Bonchev–Trinajstić information content (AvgIpc) is 2.72. The van der Waals surface area contributed by atoms with Crippen LogP contribution in [0.15, 0.2) is 18.2 Å². The smallest absolute Gasteiger partial charge is 0.410 e. The number of nitrogens with one attached hydrogen (secondary N) is 1. The summed E-state index contributed by atoms with van der Waals surface area (Å²) in [7, 11) is 1.49. The van der Waals surface area contributed by atoms with Crippen LogP contribution in [0.25, 0.3) is 0 Å². The van der Waals surface area contributed by atoms with Crippen molar-refractivity contribution in [2.24, 2.45) is 17.8 Å². The molecule has 0 radical (unpaired) electrons. The van der Waals surface area contributed by atoms with E-state index in [-0.39, 0.29) is 29.8 Å². The largest absolute Gasteiger partial charge is 0.504 e. The molecule has 0 unspecified atom stereocenters. The molecule has 2 amide bonds. The fourth-order valence-electron chi connectivity index (χ4n) is 3.95. The zero-order chi connectivity index (χ0) is 23.0. The second kappa shape index (κ2) is 11.8. The fourth-order valence-corrected chi connectivity index (χ4v) is 3.95. The van der Waals surface area contributed by atoms with Crippen molar-refractivity contribution in [1.29, 1.82) is 0 Å². The van der Waals surface area contributed by atoms with Crippen LogP contribution in [0.4, 0.5) is 4.79 Å². The predicted octanol–water partition coefficient (Wildman–Crippen LogP) is 4.33. The van der Waals surface area contributed by atoms with Gasteiger partial charge in [-0.15, -0.1) is 0 Å². The second-order valence-corrected chi connectivity index (χ2v) is 9.25. The molecular formula is C24H38N2O5. The first-order valence-electron chi connectivity index (χ1n) is 11.3. The topological polar surface area (TPSA) is 88.1 Å². The van der Waals surface area contributed by atoms with Crippen molar-refractivity contribution in [2.45, 2.75) is 66.0 Å². The van der Waals surface area contributed by atoms with Gasteiger partial charge in [-0.25, -0.2) is 4.79 Å². The minimum absolute atomic E-state index is 0.0162. The lowest BCUT2D eigenvalue weighted by molar-refractivity contribution is -0.126. The molecule has 0 bridgehead atoms. The molecule has 1 aliphatic rings. The molecule has 174 valence electrons. The second-order valence-electron chi connectivity index (χ2n) is 9.25. The number of rotatable bonds is 9. The minimum atomic E-state index is -0.263. The van der Waals surface area contributed by atoms with E-state index in [0.717, 1.165) is 18.4 Å². The Morgan fingerprint density at radius 2 is 1.74 bits per heavy atom. The van der Waals surface area contributed by atoms with Gasteiger partial charge in [0.05, 0.1) is 7.11 Å². The van der Waals surface area contributed by atoms with Gasteiger partial charge in [0.2, 0.25) is 5.91 Å². The van der Waals surface area contributed by atoms with E-state index in [0.29, 0.717) is 50.1 Å². The Morgan fingerprint density at radius 3 is 2.29 bits per heavy atom. The Morgan fingerprint density at radius 1 is 1.13 bits per heavy atom. The zero-order valence-corrected chi connectivity index (χ0v) is 19.5. The van der Waals surface area contributed by atoms with Gasteiger partial charge in [0.1, 0.15) is 6.10 Å². The highest BCUT2D eigenvalue weighted by atomic mass is 16.6. The van der Waals surface area contributed by atoms with Gasteiger partial charge < -0.3 is 24.8 Å². The number of likely N-dealkylation sites (tertiary alicyclic amines) is 1. The molecule has 0 atom stereocenters. The van der Waals surface area contributed by atoms with E-state index in [1.54, 1.807) is 23.1 Å². The van der Waals surface area contributed by atoms with Gasteiger partial charge in [0.15, 0.2) is 11.5 Å².